The Bertz CT molecular complexity index is 1240. The first-order valence-electron chi connectivity index (χ1n) is 10.5. The van der Waals surface area contributed by atoms with E-state index < -0.39 is 10.0 Å². The van der Waals surface area contributed by atoms with Gasteiger partial charge in [0.25, 0.3) is 0 Å². The molecule has 4 rings (SSSR count). The van der Waals surface area contributed by atoms with Gasteiger partial charge in [0.1, 0.15) is 0 Å². The van der Waals surface area contributed by atoms with Crippen LogP contribution in [0.3, 0.4) is 0 Å². The van der Waals surface area contributed by atoms with Crippen LogP contribution in [-0.2, 0) is 32.6 Å². The summed E-state index contributed by atoms with van der Waals surface area (Å²) in [6.45, 7) is 0.262. The molecule has 0 radical (unpaired) electrons. The van der Waals surface area contributed by atoms with E-state index in [1.807, 2.05) is 30.3 Å². The van der Waals surface area contributed by atoms with Crippen molar-refractivity contribution in [3.63, 3.8) is 0 Å². The van der Waals surface area contributed by atoms with Crippen molar-refractivity contribution in [1.29, 1.82) is 0 Å². The number of aromatic nitrogens is 1. The van der Waals surface area contributed by atoms with Gasteiger partial charge in [0.15, 0.2) is 5.13 Å². The SMILES string of the molecule is CN(Cc1ccccc1)S(=O)(=O)c1ccc(NC(=O)Cc2csc(NC(=O)C3CC3)n2)cc1. The van der Waals surface area contributed by atoms with Crippen molar-refractivity contribution in [3.05, 3.63) is 71.2 Å². The second-order valence-corrected chi connectivity index (χ2v) is 10.8. The van der Waals surface area contributed by atoms with Gasteiger partial charge in [-0.3, -0.25) is 9.59 Å². The van der Waals surface area contributed by atoms with Crippen molar-refractivity contribution in [2.24, 2.45) is 5.92 Å². The molecule has 8 nitrogen and oxygen atoms in total. The number of anilines is 2. The van der Waals surface area contributed by atoms with Gasteiger partial charge in [-0.1, -0.05) is 30.3 Å². The van der Waals surface area contributed by atoms with Crippen LogP contribution in [0, 0.1) is 5.92 Å². The van der Waals surface area contributed by atoms with Crippen LogP contribution >= 0.6 is 11.3 Å². The Labute approximate surface area is 196 Å². The molecule has 0 saturated heterocycles. The van der Waals surface area contributed by atoms with E-state index >= 15 is 0 Å². The second kappa shape index (κ2) is 9.82. The molecule has 2 N–H and O–H groups in total. The topological polar surface area (TPSA) is 108 Å². The molecule has 0 bridgehead atoms. The fraction of sp³-hybridized carbons (Fsp3) is 0.261. The molecule has 1 aromatic heterocycles. The number of carbonyl (C=O) groups excluding carboxylic acids is 2. The Hall–Kier alpha value is -3.08. The van der Waals surface area contributed by atoms with E-state index in [9.17, 15) is 18.0 Å². The maximum atomic E-state index is 12.8. The van der Waals surface area contributed by atoms with Gasteiger partial charge in [-0.2, -0.15) is 4.31 Å². The third kappa shape index (κ3) is 6.04. The van der Waals surface area contributed by atoms with Gasteiger partial charge in [-0.25, -0.2) is 13.4 Å². The van der Waals surface area contributed by atoms with Crippen molar-refractivity contribution in [3.8, 4) is 0 Å². The van der Waals surface area contributed by atoms with Crippen LogP contribution in [0.15, 0.2) is 64.9 Å². The minimum Gasteiger partial charge on any atom is -0.326 e. The number of benzene rings is 2. The summed E-state index contributed by atoms with van der Waals surface area (Å²) < 4.78 is 27.0. The maximum absolute atomic E-state index is 12.8. The van der Waals surface area contributed by atoms with Crippen LogP contribution in [-0.4, -0.2) is 36.6 Å². The molecule has 3 aromatic rings. The van der Waals surface area contributed by atoms with E-state index in [2.05, 4.69) is 15.6 Å². The van der Waals surface area contributed by atoms with Crippen LogP contribution in [0.2, 0.25) is 0 Å². The number of hydrogen-bond donors (Lipinski definition) is 2. The lowest BCUT2D eigenvalue weighted by molar-refractivity contribution is -0.117. The minimum absolute atomic E-state index is 0.0233. The molecule has 1 aliphatic rings. The van der Waals surface area contributed by atoms with E-state index in [0.29, 0.717) is 16.5 Å². The van der Waals surface area contributed by atoms with Gasteiger partial charge in [0, 0.05) is 30.6 Å². The largest absolute Gasteiger partial charge is 0.326 e. The Morgan fingerprint density at radius 2 is 1.76 bits per heavy atom. The summed E-state index contributed by atoms with van der Waals surface area (Å²) in [7, 11) is -2.13. The van der Waals surface area contributed by atoms with Crippen LogP contribution in [0.25, 0.3) is 0 Å². The fourth-order valence-electron chi connectivity index (χ4n) is 3.18. The monoisotopic (exact) mass is 484 g/mol. The molecule has 1 fully saturated rings. The average molecular weight is 485 g/mol. The zero-order valence-corrected chi connectivity index (χ0v) is 19.7. The highest BCUT2D eigenvalue weighted by Crippen LogP contribution is 2.30. The summed E-state index contributed by atoms with van der Waals surface area (Å²) in [6, 6.07) is 15.4. The van der Waals surface area contributed by atoms with Crippen LogP contribution in [0.5, 0.6) is 0 Å². The van der Waals surface area contributed by atoms with Crippen molar-refractivity contribution in [2.45, 2.75) is 30.7 Å². The average Bonchev–Trinajstić information content (AvgIpc) is 3.56. The van der Waals surface area contributed by atoms with Gasteiger partial charge in [0.2, 0.25) is 21.8 Å². The zero-order valence-electron chi connectivity index (χ0n) is 18.0. The highest BCUT2D eigenvalue weighted by Gasteiger charge is 2.30. The second-order valence-electron chi connectivity index (χ2n) is 7.90. The number of sulfonamides is 1. The van der Waals surface area contributed by atoms with E-state index in [1.165, 1.54) is 34.8 Å². The summed E-state index contributed by atoms with van der Waals surface area (Å²) >= 11 is 1.28. The third-order valence-corrected chi connectivity index (χ3v) is 7.79. The highest BCUT2D eigenvalue weighted by molar-refractivity contribution is 7.89. The molecule has 2 amide bonds. The summed E-state index contributed by atoms with van der Waals surface area (Å²) in [6.07, 6.45) is 1.88. The van der Waals surface area contributed by atoms with Crippen molar-refractivity contribution in [2.75, 3.05) is 17.7 Å². The van der Waals surface area contributed by atoms with Gasteiger partial charge in [-0.15, -0.1) is 11.3 Å². The van der Waals surface area contributed by atoms with Gasteiger partial charge in [-0.05, 0) is 42.7 Å². The predicted octanol–water partition coefficient (Wildman–Crippen LogP) is 3.49. The number of nitrogens with one attached hydrogen (secondary N) is 2. The Balaban J connectivity index is 1.32. The van der Waals surface area contributed by atoms with E-state index in [-0.39, 0.29) is 35.6 Å². The molecule has 0 aliphatic heterocycles. The molecule has 1 aliphatic carbocycles. The normalized spacial score (nSPS) is 13.6. The summed E-state index contributed by atoms with van der Waals surface area (Å²) in [4.78, 5) is 28.6. The quantitative estimate of drug-likeness (QED) is 0.483. The Kier molecular flexibility index (Phi) is 6.87. The molecule has 172 valence electrons. The van der Waals surface area contributed by atoms with Crippen molar-refractivity contribution in [1.82, 2.24) is 9.29 Å². The molecule has 1 saturated carbocycles. The van der Waals surface area contributed by atoms with Crippen LogP contribution < -0.4 is 10.6 Å². The lowest BCUT2D eigenvalue weighted by atomic mass is 10.2. The molecule has 33 heavy (non-hydrogen) atoms. The maximum Gasteiger partial charge on any atom is 0.243 e. The van der Waals surface area contributed by atoms with Crippen molar-refractivity contribution < 1.29 is 18.0 Å². The molecule has 1 heterocycles. The first-order valence-corrected chi connectivity index (χ1v) is 12.8. The number of carbonyl (C=O) groups is 2. The number of nitrogens with zero attached hydrogens (tertiary/aromatic N) is 2. The number of hydrogen-bond acceptors (Lipinski definition) is 6. The Morgan fingerprint density at radius 3 is 2.42 bits per heavy atom. The molecule has 0 spiro atoms. The minimum atomic E-state index is -3.66. The number of thiazole rings is 1. The van der Waals surface area contributed by atoms with E-state index in [1.54, 1.807) is 17.5 Å². The number of rotatable bonds is 9. The lowest BCUT2D eigenvalue weighted by Crippen LogP contribution is -2.26. The molecule has 2 aromatic carbocycles. The van der Waals surface area contributed by atoms with Crippen LogP contribution in [0.4, 0.5) is 10.8 Å². The predicted molar refractivity (Wildman–Crippen MR) is 127 cm³/mol. The number of amides is 2. The van der Waals surface area contributed by atoms with Crippen molar-refractivity contribution >= 4 is 44.0 Å². The van der Waals surface area contributed by atoms with E-state index in [0.717, 1.165) is 18.4 Å². The fourth-order valence-corrected chi connectivity index (χ4v) is 5.06. The van der Waals surface area contributed by atoms with Gasteiger partial charge in [0.05, 0.1) is 17.0 Å². The van der Waals surface area contributed by atoms with Crippen LogP contribution in [0.1, 0.15) is 24.1 Å². The lowest BCUT2D eigenvalue weighted by Gasteiger charge is -2.17. The summed E-state index contributed by atoms with van der Waals surface area (Å²) in [5.74, 6) is -0.215. The summed E-state index contributed by atoms with van der Waals surface area (Å²) in [5, 5.41) is 7.74. The molecular weight excluding hydrogens is 460 g/mol. The Morgan fingerprint density at radius 1 is 1.06 bits per heavy atom. The first kappa shape index (κ1) is 23.1. The molecular formula is C23H24N4O4S2. The highest BCUT2D eigenvalue weighted by atomic mass is 32.2. The summed E-state index contributed by atoms with van der Waals surface area (Å²) in [5.41, 5.74) is 1.94. The van der Waals surface area contributed by atoms with Gasteiger partial charge >= 0.3 is 0 Å². The molecule has 0 unspecified atom stereocenters. The van der Waals surface area contributed by atoms with Gasteiger partial charge < -0.3 is 10.6 Å². The molecule has 0 atom stereocenters. The third-order valence-electron chi connectivity index (χ3n) is 5.17. The zero-order chi connectivity index (χ0) is 23.4. The molecule has 10 heteroatoms. The first-order chi connectivity index (χ1) is 15.8. The standard InChI is InChI=1S/C23H24N4O4S2/c1-27(14-16-5-3-2-4-6-16)33(30,31)20-11-9-18(10-12-20)24-21(28)13-19-15-32-23(25-19)26-22(29)17-7-8-17/h2-6,9-12,15,17H,7-8,13-14H2,1H3,(H,24,28)(H,25,26,29). The smallest absolute Gasteiger partial charge is 0.243 e. The van der Waals surface area contributed by atoms with E-state index in [4.69, 9.17) is 0 Å².